The van der Waals surface area contributed by atoms with Gasteiger partial charge in [-0.15, -0.1) is 0 Å². The number of nitrogens with one attached hydrogen (secondary N) is 1. The minimum atomic E-state index is 0.888. The van der Waals surface area contributed by atoms with Gasteiger partial charge in [0.2, 0.25) is 0 Å². The van der Waals surface area contributed by atoms with Crippen LogP contribution in [0.25, 0.3) is 33.1 Å². The van der Waals surface area contributed by atoms with Crippen molar-refractivity contribution in [2.75, 3.05) is 5.32 Å². The molecule has 0 bridgehead atoms. The van der Waals surface area contributed by atoms with E-state index < -0.39 is 0 Å². The Morgan fingerprint density at radius 3 is 2.23 bits per heavy atom. The molecule has 0 unspecified atom stereocenters. The lowest BCUT2D eigenvalue weighted by Crippen LogP contribution is -1.91. The zero-order valence-electron chi connectivity index (χ0n) is 14.1. The summed E-state index contributed by atoms with van der Waals surface area (Å²) in [6, 6.07) is 33.2. The van der Waals surface area contributed by atoms with Gasteiger partial charge in [-0.2, -0.15) is 0 Å². The minimum Gasteiger partial charge on any atom is -0.454 e. The molecular formula is C24H17NO. The normalized spacial score (nSPS) is 11.1. The van der Waals surface area contributed by atoms with Crippen molar-refractivity contribution in [3.63, 3.8) is 0 Å². The lowest BCUT2D eigenvalue weighted by Gasteiger charge is -2.09. The first kappa shape index (κ1) is 14.8. The smallest absolute Gasteiger partial charge is 0.158 e. The quantitative estimate of drug-likeness (QED) is 0.384. The van der Waals surface area contributed by atoms with Gasteiger partial charge in [0.25, 0.3) is 0 Å². The van der Waals surface area contributed by atoms with Crippen LogP contribution in [0.3, 0.4) is 0 Å². The molecule has 1 heterocycles. The van der Waals surface area contributed by atoms with Crippen molar-refractivity contribution in [3.8, 4) is 11.1 Å². The predicted octanol–water partition coefficient (Wildman–Crippen LogP) is 7.00. The van der Waals surface area contributed by atoms with Crippen molar-refractivity contribution in [1.29, 1.82) is 0 Å². The fourth-order valence-corrected chi connectivity index (χ4v) is 3.41. The number of hydrogen-bond donors (Lipinski definition) is 1. The molecule has 0 atom stereocenters. The van der Waals surface area contributed by atoms with E-state index in [0.717, 1.165) is 33.3 Å². The molecule has 0 aliphatic rings. The highest BCUT2D eigenvalue weighted by molar-refractivity contribution is 6.09. The number of anilines is 2. The highest BCUT2D eigenvalue weighted by atomic mass is 16.3. The summed E-state index contributed by atoms with van der Waals surface area (Å²) < 4.78 is 6.11. The van der Waals surface area contributed by atoms with Gasteiger partial charge in [0.15, 0.2) is 5.58 Å². The van der Waals surface area contributed by atoms with Crippen molar-refractivity contribution >= 4 is 33.3 Å². The van der Waals surface area contributed by atoms with Gasteiger partial charge in [-0.25, -0.2) is 0 Å². The molecule has 0 saturated carbocycles. The van der Waals surface area contributed by atoms with Gasteiger partial charge < -0.3 is 9.73 Å². The summed E-state index contributed by atoms with van der Waals surface area (Å²) in [7, 11) is 0. The lowest BCUT2D eigenvalue weighted by molar-refractivity contribution is 0.670. The Bertz CT molecular complexity index is 1200. The number of para-hydroxylation sites is 2. The van der Waals surface area contributed by atoms with E-state index in [9.17, 15) is 0 Å². The van der Waals surface area contributed by atoms with E-state index in [2.05, 4.69) is 78.1 Å². The monoisotopic (exact) mass is 335 g/mol. The van der Waals surface area contributed by atoms with E-state index in [0.29, 0.717) is 0 Å². The Kier molecular flexibility index (Phi) is 3.46. The molecule has 0 amide bonds. The number of fused-ring (bicyclic) bond motifs is 3. The maximum Gasteiger partial charge on any atom is 0.158 e. The summed E-state index contributed by atoms with van der Waals surface area (Å²) in [5.74, 6) is 0. The van der Waals surface area contributed by atoms with E-state index in [4.69, 9.17) is 4.42 Å². The number of furan rings is 1. The average molecular weight is 335 g/mol. The number of benzene rings is 4. The summed E-state index contributed by atoms with van der Waals surface area (Å²) in [6.07, 6.45) is 0. The van der Waals surface area contributed by atoms with E-state index in [1.807, 2.05) is 24.3 Å². The first-order valence-corrected chi connectivity index (χ1v) is 8.71. The van der Waals surface area contributed by atoms with Crippen molar-refractivity contribution in [1.82, 2.24) is 0 Å². The van der Waals surface area contributed by atoms with Gasteiger partial charge in [-0.3, -0.25) is 0 Å². The van der Waals surface area contributed by atoms with Crippen LogP contribution < -0.4 is 5.32 Å². The van der Waals surface area contributed by atoms with Crippen molar-refractivity contribution in [3.05, 3.63) is 97.1 Å². The average Bonchev–Trinajstić information content (AvgIpc) is 3.09. The van der Waals surface area contributed by atoms with Crippen molar-refractivity contribution in [2.24, 2.45) is 0 Å². The van der Waals surface area contributed by atoms with Crippen molar-refractivity contribution < 1.29 is 4.42 Å². The molecule has 1 N–H and O–H groups in total. The molecule has 2 nitrogen and oxygen atoms in total. The highest BCUT2D eigenvalue weighted by Gasteiger charge is 2.10. The number of hydrogen-bond acceptors (Lipinski definition) is 2. The standard InChI is InChI=1S/C24H17NO/c1-2-8-17(9-3-1)18-10-6-11-19(16-18)25-22-14-7-13-21-20-12-4-5-15-23(20)26-24(21)22/h1-16,25H. The van der Waals surface area contributed by atoms with Crippen LogP contribution >= 0.6 is 0 Å². The third kappa shape index (κ3) is 2.52. The molecule has 0 fully saturated rings. The Labute approximate surface area is 151 Å². The van der Waals surface area contributed by atoms with Gasteiger partial charge in [0.05, 0.1) is 5.69 Å². The fraction of sp³-hybridized carbons (Fsp3) is 0. The summed E-state index contributed by atoms with van der Waals surface area (Å²) in [5, 5.41) is 5.80. The summed E-state index contributed by atoms with van der Waals surface area (Å²) in [5.41, 5.74) is 6.21. The highest BCUT2D eigenvalue weighted by Crippen LogP contribution is 2.35. The van der Waals surface area contributed by atoms with Gasteiger partial charge in [0.1, 0.15) is 5.58 Å². The third-order valence-electron chi connectivity index (χ3n) is 4.65. The van der Waals surface area contributed by atoms with Gasteiger partial charge in [-0.1, -0.05) is 72.8 Å². The third-order valence-corrected chi connectivity index (χ3v) is 4.65. The van der Waals surface area contributed by atoms with Crippen LogP contribution in [0.2, 0.25) is 0 Å². The molecule has 0 radical (unpaired) electrons. The summed E-state index contributed by atoms with van der Waals surface area (Å²) in [6.45, 7) is 0. The van der Waals surface area contributed by atoms with Gasteiger partial charge >= 0.3 is 0 Å². The maximum atomic E-state index is 6.11. The molecular weight excluding hydrogens is 318 g/mol. The Morgan fingerprint density at radius 2 is 1.31 bits per heavy atom. The second-order valence-corrected chi connectivity index (χ2v) is 6.35. The Hall–Kier alpha value is -3.52. The van der Waals surface area contributed by atoms with Crippen LogP contribution in [0.4, 0.5) is 11.4 Å². The molecule has 26 heavy (non-hydrogen) atoms. The Balaban J connectivity index is 1.58. The zero-order chi connectivity index (χ0) is 17.3. The summed E-state index contributed by atoms with van der Waals surface area (Å²) >= 11 is 0. The Morgan fingerprint density at radius 1 is 0.577 bits per heavy atom. The molecule has 5 aromatic rings. The molecule has 124 valence electrons. The number of rotatable bonds is 3. The zero-order valence-corrected chi connectivity index (χ0v) is 14.1. The van der Waals surface area contributed by atoms with E-state index in [1.54, 1.807) is 0 Å². The minimum absolute atomic E-state index is 0.888. The van der Waals surface area contributed by atoms with Crippen LogP contribution in [0, 0.1) is 0 Å². The van der Waals surface area contributed by atoms with Gasteiger partial charge in [-0.05, 0) is 35.4 Å². The predicted molar refractivity (Wildman–Crippen MR) is 109 cm³/mol. The van der Waals surface area contributed by atoms with Crippen LogP contribution in [-0.4, -0.2) is 0 Å². The molecule has 4 aromatic carbocycles. The SMILES string of the molecule is c1ccc(-c2cccc(Nc3cccc4c3oc3ccccc34)c2)cc1. The lowest BCUT2D eigenvalue weighted by atomic mass is 10.1. The van der Waals surface area contributed by atoms with Gasteiger partial charge in [0, 0.05) is 16.5 Å². The summed E-state index contributed by atoms with van der Waals surface area (Å²) in [4.78, 5) is 0. The first-order chi connectivity index (χ1) is 12.9. The molecule has 0 spiro atoms. The molecule has 2 heteroatoms. The second-order valence-electron chi connectivity index (χ2n) is 6.35. The van der Waals surface area contributed by atoms with Crippen LogP contribution in [0.15, 0.2) is 101 Å². The molecule has 0 aliphatic heterocycles. The molecule has 0 saturated heterocycles. The topological polar surface area (TPSA) is 25.2 Å². The van der Waals surface area contributed by atoms with E-state index >= 15 is 0 Å². The first-order valence-electron chi connectivity index (χ1n) is 8.71. The van der Waals surface area contributed by atoms with E-state index in [1.165, 1.54) is 11.1 Å². The molecule has 1 aromatic heterocycles. The van der Waals surface area contributed by atoms with E-state index in [-0.39, 0.29) is 0 Å². The maximum absolute atomic E-state index is 6.11. The molecule has 5 rings (SSSR count). The van der Waals surface area contributed by atoms with Crippen LogP contribution in [-0.2, 0) is 0 Å². The fourth-order valence-electron chi connectivity index (χ4n) is 3.41. The van der Waals surface area contributed by atoms with Crippen molar-refractivity contribution in [2.45, 2.75) is 0 Å². The van der Waals surface area contributed by atoms with Crippen LogP contribution in [0.5, 0.6) is 0 Å². The van der Waals surface area contributed by atoms with Crippen LogP contribution in [0.1, 0.15) is 0 Å². The largest absolute Gasteiger partial charge is 0.454 e. The molecule has 0 aliphatic carbocycles. The second kappa shape index (κ2) is 6.08.